The van der Waals surface area contributed by atoms with Crippen LogP contribution in [0.1, 0.15) is 41.1 Å². The third-order valence-electron chi connectivity index (χ3n) is 6.62. The van der Waals surface area contributed by atoms with Crippen molar-refractivity contribution in [3.8, 4) is 6.07 Å². The number of rotatable bonds is 7. The van der Waals surface area contributed by atoms with E-state index in [1.807, 2.05) is 43.5 Å². The number of aryl methyl sites for hydroxylation is 1. The van der Waals surface area contributed by atoms with E-state index in [2.05, 4.69) is 44.8 Å². The predicted molar refractivity (Wildman–Crippen MR) is 121 cm³/mol. The normalized spacial score (nSPS) is 16.2. The molecule has 2 heterocycles. The molecule has 1 fully saturated rings. The molecule has 160 valence electrons. The Morgan fingerprint density at radius 3 is 2.35 bits per heavy atom. The van der Waals surface area contributed by atoms with Gasteiger partial charge < -0.3 is 9.67 Å². The lowest BCUT2D eigenvalue weighted by Gasteiger charge is -2.41. The van der Waals surface area contributed by atoms with Crippen molar-refractivity contribution in [1.29, 1.82) is 5.26 Å². The number of aliphatic hydroxyl groups is 1. The van der Waals surface area contributed by atoms with Gasteiger partial charge in [-0.25, -0.2) is 4.98 Å². The number of nitriles is 1. The highest BCUT2D eigenvalue weighted by Gasteiger charge is 2.34. The van der Waals surface area contributed by atoms with Crippen LogP contribution in [-0.4, -0.2) is 39.3 Å². The van der Waals surface area contributed by atoms with Gasteiger partial charge in [0.1, 0.15) is 5.82 Å². The molecule has 0 spiro atoms. The highest BCUT2D eigenvalue weighted by Crippen LogP contribution is 2.35. The molecule has 2 aromatic carbocycles. The average Bonchev–Trinajstić information content (AvgIpc) is 3.15. The minimum atomic E-state index is -0.0174. The molecule has 0 saturated carbocycles. The van der Waals surface area contributed by atoms with Crippen LogP contribution in [0.5, 0.6) is 0 Å². The van der Waals surface area contributed by atoms with Crippen molar-refractivity contribution in [2.45, 2.75) is 39.3 Å². The third kappa shape index (κ3) is 5.04. The van der Waals surface area contributed by atoms with Gasteiger partial charge in [-0.2, -0.15) is 5.26 Å². The van der Waals surface area contributed by atoms with E-state index in [1.165, 1.54) is 16.8 Å². The summed E-state index contributed by atoms with van der Waals surface area (Å²) in [5.41, 5.74) is 4.35. The van der Waals surface area contributed by atoms with Crippen LogP contribution in [0, 0.1) is 23.7 Å². The molecule has 1 aromatic heterocycles. The van der Waals surface area contributed by atoms with Gasteiger partial charge in [0.05, 0.1) is 17.3 Å². The Labute approximate surface area is 184 Å². The van der Waals surface area contributed by atoms with Crippen LogP contribution < -0.4 is 0 Å². The first-order valence-corrected chi connectivity index (χ1v) is 11.0. The molecular weight excluding hydrogens is 384 g/mol. The van der Waals surface area contributed by atoms with Crippen LogP contribution in [0.15, 0.2) is 60.8 Å². The molecule has 3 aromatic rings. The largest absolute Gasteiger partial charge is 0.396 e. The Morgan fingerprint density at radius 2 is 1.71 bits per heavy atom. The summed E-state index contributed by atoms with van der Waals surface area (Å²) in [5.74, 6) is 1.00. The van der Waals surface area contributed by atoms with Crippen molar-refractivity contribution < 1.29 is 5.11 Å². The van der Waals surface area contributed by atoms with Gasteiger partial charge in [-0.15, -0.1) is 0 Å². The zero-order valence-corrected chi connectivity index (χ0v) is 18.2. The van der Waals surface area contributed by atoms with E-state index in [0.717, 1.165) is 51.3 Å². The lowest BCUT2D eigenvalue weighted by Crippen LogP contribution is -2.43. The fourth-order valence-corrected chi connectivity index (χ4v) is 4.56. The standard InChI is InChI=1S/C26H30N4O/c1-21-28-17-25(30(21)18-24-9-7-23(16-27)8-10-24)19-29-13-11-26(20-31,12-14-29)15-22-5-3-2-4-6-22/h2-10,17,31H,11-15,18-20H2,1H3. The summed E-state index contributed by atoms with van der Waals surface area (Å²) in [6.45, 7) is 5.87. The Bertz CT molecular complexity index is 1030. The lowest BCUT2D eigenvalue weighted by molar-refractivity contribution is 0.0406. The molecule has 0 aliphatic carbocycles. The predicted octanol–water partition coefficient (Wildman–Crippen LogP) is 3.93. The van der Waals surface area contributed by atoms with Gasteiger partial charge in [0.25, 0.3) is 0 Å². The Morgan fingerprint density at radius 1 is 1.00 bits per heavy atom. The third-order valence-corrected chi connectivity index (χ3v) is 6.62. The summed E-state index contributed by atoms with van der Waals surface area (Å²) < 4.78 is 2.26. The van der Waals surface area contributed by atoms with Crippen LogP contribution in [0.25, 0.3) is 0 Å². The minimum Gasteiger partial charge on any atom is -0.396 e. The van der Waals surface area contributed by atoms with Gasteiger partial charge in [0.15, 0.2) is 0 Å². The highest BCUT2D eigenvalue weighted by molar-refractivity contribution is 5.32. The van der Waals surface area contributed by atoms with Crippen molar-refractivity contribution >= 4 is 0 Å². The molecule has 5 heteroatoms. The maximum Gasteiger partial charge on any atom is 0.106 e. The second-order valence-corrected chi connectivity index (χ2v) is 8.79. The van der Waals surface area contributed by atoms with E-state index >= 15 is 0 Å². The zero-order chi connectivity index (χ0) is 21.7. The van der Waals surface area contributed by atoms with Gasteiger partial charge >= 0.3 is 0 Å². The number of benzene rings is 2. The first-order chi connectivity index (χ1) is 15.1. The number of hydrogen-bond donors (Lipinski definition) is 1. The van der Waals surface area contributed by atoms with Crippen molar-refractivity contribution in [2.75, 3.05) is 19.7 Å². The molecule has 1 saturated heterocycles. The van der Waals surface area contributed by atoms with Crippen LogP contribution in [0.2, 0.25) is 0 Å². The summed E-state index contributed by atoms with van der Waals surface area (Å²) in [4.78, 5) is 7.03. The van der Waals surface area contributed by atoms with Crippen molar-refractivity contribution in [1.82, 2.24) is 14.5 Å². The van der Waals surface area contributed by atoms with E-state index in [9.17, 15) is 5.11 Å². The minimum absolute atomic E-state index is 0.0174. The molecule has 0 bridgehead atoms. The van der Waals surface area contributed by atoms with Gasteiger partial charge in [0.2, 0.25) is 0 Å². The summed E-state index contributed by atoms with van der Waals surface area (Å²) >= 11 is 0. The monoisotopic (exact) mass is 414 g/mol. The first kappa shape index (κ1) is 21.3. The number of nitrogens with zero attached hydrogens (tertiary/aromatic N) is 4. The van der Waals surface area contributed by atoms with Crippen molar-refractivity contribution in [3.63, 3.8) is 0 Å². The topological polar surface area (TPSA) is 65.1 Å². The fraction of sp³-hybridized carbons (Fsp3) is 0.385. The molecule has 1 aliphatic rings. The van der Waals surface area contributed by atoms with E-state index in [-0.39, 0.29) is 12.0 Å². The van der Waals surface area contributed by atoms with Gasteiger partial charge in [-0.1, -0.05) is 42.5 Å². The average molecular weight is 415 g/mol. The van der Waals surface area contributed by atoms with Gasteiger partial charge in [-0.3, -0.25) is 4.90 Å². The van der Waals surface area contributed by atoms with Crippen molar-refractivity contribution in [2.24, 2.45) is 5.41 Å². The quantitative estimate of drug-likeness (QED) is 0.636. The molecule has 0 radical (unpaired) electrons. The Balaban J connectivity index is 1.40. The van der Waals surface area contributed by atoms with Gasteiger partial charge in [-0.05, 0) is 68.0 Å². The smallest absolute Gasteiger partial charge is 0.106 e. The molecule has 0 amide bonds. The number of piperidine rings is 1. The molecule has 0 atom stereocenters. The second-order valence-electron chi connectivity index (χ2n) is 8.79. The first-order valence-electron chi connectivity index (χ1n) is 11.0. The maximum absolute atomic E-state index is 10.2. The summed E-state index contributed by atoms with van der Waals surface area (Å²) in [5, 5.41) is 19.2. The van der Waals surface area contributed by atoms with E-state index in [1.54, 1.807) is 0 Å². The highest BCUT2D eigenvalue weighted by atomic mass is 16.3. The number of likely N-dealkylation sites (tertiary alicyclic amines) is 1. The molecule has 5 nitrogen and oxygen atoms in total. The van der Waals surface area contributed by atoms with Crippen LogP contribution in [0.3, 0.4) is 0 Å². The van der Waals surface area contributed by atoms with Crippen molar-refractivity contribution in [3.05, 3.63) is 89.0 Å². The molecule has 1 N–H and O–H groups in total. The SMILES string of the molecule is Cc1ncc(CN2CCC(CO)(Cc3ccccc3)CC2)n1Cc1ccc(C#N)cc1. The zero-order valence-electron chi connectivity index (χ0n) is 18.2. The maximum atomic E-state index is 10.2. The van der Waals surface area contributed by atoms with E-state index < -0.39 is 0 Å². The second kappa shape index (κ2) is 9.47. The van der Waals surface area contributed by atoms with E-state index in [0.29, 0.717) is 5.56 Å². The molecule has 31 heavy (non-hydrogen) atoms. The number of imidazole rings is 1. The Kier molecular flexibility index (Phi) is 6.50. The molecule has 4 rings (SSSR count). The summed E-state index contributed by atoms with van der Waals surface area (Å²) in [6.07, 6.45) is 4.92. The number of aromatic nitrogens is 2. The summed E-state index contributed by atoms with van der Waals surface area (Å²) in [7, 11) is 0. The fourth-order valence-electron chi connectivity index (χ4n) is 4.56. The lowest BCUT2D eigenvalue weighted by atomic mass is 9.74. The Hall–Kier alpha value is -2.94. The van der Waals surface area contributed by atoms with E-state index in [4.69, 9.17) is 5.26 Å². The molecule has 1 aliphatic heterocycles. The van der Waals surface area contributed by atoms with Crippen LogP contribution >= 0.6 is 0 Å². The number of aliphatic hydroxyl groups excluding tert-OH is 1. The van der Waals surface area contributed by atoms with Crippen LogP contribution in [0.4, 0.5) is 0 Å². The molecular formula is C26H30N4O. The van der Waals surface area contributed by atoms with Gasteiger partial charge in [0, 0.05) is 25.9 Å². The number of hydrogen-bond acceptors (Lipinski definition) is 4. The summed E-state index contributed by atoms with van der Waals surface area (Å²) in [6, 6.07) is 20.5. The van der Waals surface area contributed by atoms with Crippen LogP contribution in [-0.2, 0) is 19.5 Å². The molecule has 0 unspecified atom stereocenters.